The molecule has 0 fully saturated rings. The number of carbonyl (C=O) groups is 2. The van der Waals surface area contributed by atoms with E-state index in [0.29, 0.717) is 17.8 Å². The second-order valence-electron chi connectivity index (χ2n) is 5.65. The lowest BCUT2D eigenvalue weighted by Crippen LogP contribution is -2.34. The molecule has 0 unspecified atom stereocenters. The highest BCUT2D eigenvalue weighted by Crippen LogP contribution is 2.14. The van der Waals surface area contributed by atoms with Crippen LogP contribution >= 0.6 is 24.4 Å². The number of nitrogens with one attached hydrogen (secondary N) is 4. The van der Waals surface area contributed by atoms with Gasteiger partial charge < -0.3 is 16.0 Å². The zero-order valence-corrected chi connectivity index (χ0v) is 16.9. The summed E-state index contributed by atoms with van der Waals surface area (Å²) in [6.07, 6.45) is 0.327. The van der Waals surface area contributed by atoms with Gasteiger partial charge in [0.1, 0.15) is 0 Å². The molecule has 0 aliphatic rings. The summed E-state index contributed by atoms with van der Waals surface area (Å²) in [5.74, 6) is -0.678. The average molecular weight is 431 g/mol. The van der Waals surface area contributed by atoms with Gasteiger partial charge in [-0.15, -0.1) is 0 Å². The molecule has 4 N–H and O–H groups in total. The number of hydrogen-bond acceptors (Lipinski definition) is 6. The van der Waals surface area contributed by atoms with Crippen LogP contribution in [0, 0.1) is 10.1 Å². The van der Waals surface area contributed by atoms with E-state index in [2.05, 4.69) is 21.3 Å². The van der Waals surface area contributed by atoms with E-state index in [0.717, 1.165) is 0 Å². The van der Waals surface area contributed by atoms with Gasteiger partial charge >= 0.3 is 0 Å². The van der Waals surface area contributed by atoms with Crippen molar-refractivity contribution in [3.05, 3.63) is 64.2 Å². The van der Waals surface area contributed by atoms with Crippen molar-refractivity contribution in [3.63, 3.8) is 0 Å². The van der Waals surface area contributed by atoms with Crippen molar-refractivity contribution in [2.24, 2.45) is 0 Å². The first-order chi connectivity index (χ1) is 13.8. The average Bonchev–Trinajstić information content (AvgIpc) is 2.69. The number of thiocarbonyl (C=S) groups is 2. The van der Waals surface area contributed by atoms with Crippen molar-refractivity contribution in [2.75, 3.05) is 10.6 Å². The molecule has 0 aliphatic heterocycles. The molecule has 9 nitrogen and oxygen atoms in total. The third kappa shape index (κ3) is 6.90. The molecular weight excluding hydrogens is 414 g/mol. The second-order valence-corrected chi connectivity index (χ2v) is 6.46. The fourth-order valence-corrected chi connectivity index (χ4v) is 2.53. The Hall–Kier alpha value is -3.44. The molecule has 2 aromatic carbocycles. The highest BCUT2D eigenvalue weighted by Gasteiger charge is 2.11. The minimum Gasteiger partial charge on any atom is -0.332 e. The van der Waals surface area contributed by atoms with Crippen molar-refractivity contribution >= 4 is 63.5 Å². The minimum absolute atomic E-state index is 0.0693. The fourth-order valence-electron chi connectivity index (χ4n) is 2.09. The quantitative estimate of drug-likeness (QED) is 0.323. The summed E-state index contributed by atoms with van der Waals surface area (Å²) in [6.45, 7) is 1.72. The lowest BCUT2D eigenvalue weighted by molar-refractivity contribution is -0.384. The van der Waals surface area contributed by atoms with E-state index < -0.39 is 10.8 Å². The molecule has 2 aromatic rings. The maximum atomic E-state index is 12.1. The molecular formula is C18H17N5O4S2. The molecule has 0 heterocycles. The van der Waals surface area contributed by atoms with Gasteiger partial charge in [0.25, 0.3) is 11.6 Å². The Kier molecular flexibility index (Phi) is 7.69. The van der Waals surface area contributed by atoms with Gasteiger partial charge in [-0.3, -0.25) is 25.0 Å². The van der Waals surface area contributed by atoms with E-state index in [4.69, 9.17) is 24.4 Å². The number of hydrogen-bond donors (Lipinski definition) is 4. The summed E-state index contributed by atoms with van der Waals surface area (Å²) in [4.78, 5) is 33.6. The number of nitro groups is 1. The summed E-state index contributed by atoms with van der Waals surface area (Å²) in [5.41, 5.74) is 1.41. The van der Waals surface area contributed by atoms with Gasteiger partial charge in [-0.25, -0.2) is 0 Å². The van der Waals surface area contributed by atoms with Crippen molar-refractivity contribution in [3.8, 4) is 0 Å². The lowest BCUT2D eigenvalue weighted by Gasteiger charge is -2.12. The number of non-ortho nitro benzene ring substituents is 1. The van der Waals surface area contributed by atoms with Crippen LogP contribution in [-0.4, -0.2) is 27.0 Å². The number of rotatable bonds is 5. The minimum atomic E-state index is -0.545. The first-order valence-corrected chi connectivity index (χ1v) is 9.18. The van der Waals surface area contributed by atoms with Gasteiger partial charge in [0.15, 0.2) is 10.2 Å². The summed E-state index contributed by atoms with van der Waals surface area (Å²) >= 11 is 10.1. The van der Waals surface area contributed by atoms with Crippen LogP contribution < -0.4 is 21.3 Å². The number of carbonyl (C=O) groups excluding carboxylic acids is 2. The Morgan fingerprint density at radius 3 is 1.83 bits per heavy atom. The van der Waals surface area contributed by atoms with E-state index in [1.807, 2.05) is 0 Å². The Bertz CT molecular complexity index is 946. The summed E-state index contributed by atoms with van der Waals surface area (Å²) in [5, 5.41) is 21.7. The predicted molar refractivity (Wildman–Crippen MR) is 118 cm³/mol. The van der Waals surface area contributed by atoms with Crippen LogP contribution in [-0.2, 0) is 4.79 Å². The van der Waals surface area contributed by atoms with Crippen LogP contribution in [0.15, 0.2) is 48.5 Å². The van der Waals surface area contributed by atoms with Crippen molar-refractivity contribution < 1.29 is 14.5 Å². The Balaban J connectivity index is 1.88. The van der Waals surface area contributed by atoms with Gasteiger partial charge in [-0.05, 0) is 60.8 Å². The summed E-state index contributed by atoms with van der Waals surface area (Å²) in [6, 6.07) is 12.0. The number of nitro benzene ring substituents is 1. The molecule has 150 valence electrons. The summed E-state index contributed by atoms with van der Waals surface area (Å²) < 4.78 is 0. The molecule has 0 atom stereocenters. The van der Waals surface area contributed by atoms with Crippen LogP contribution in [0.4, 0.5) is 17.1 Å². The molecule has 0 radical (unpaired) electrons. The van der Waals surface area contributed by atoms with Crippen molar-refractivity contribution in [1.82, 2.24) is 10.6 Å². The molecule has 11 heteroatoms. The third-order valence-electron chi connectivity index (χ3n) is 3.54. The first-order valence-electron chi connectivity index (χ1n) is 8.36. The van der Waals surface area contributed by atoms with Crippen LogP contribution in [0.5, 0.6) is 0 Å². The van der Waals surface area contributed by atoms with Gasteiger partial charge in [0.2, 0.25) is 5.91 Å². The predicted octanol–water partition coefficient (Wildman–Crippen LogP) is 2.94. The smallest absolute Gasteiger partial charge is 0.269 e. The summed E-state index contributed by atoms with van der Waals surface area (Å²) in [7, 11) is 0. The van der Waals surface area contributed by atoms with Crippen molar-refractivity contribution in [1.29, 1.82) is 0 Å². The van der Waals surface area contributed by atoms with E-state index >= 15 is 0 Å². The molecule has 0 saturated heterocycles. The van der Waals surface area contributed by atoms with E-state index in [1.165, 1.54) is 24.3 Å². The molecule has 0 saturated carbocycles. The molecule has 0 bridgehead atoms. The zero-order valence-electron chi connectivity index (χ0n) is 15.2. The number of anilines is 2. The molecule has 2 rings (SSSR count). The molecule has 0 aromatic heterocycles. The molecule has 29 heavy (non-hydrogen) atoms. The molecule has 0 spiro atoms. The molecule has 0 aliphatic carbocycles. The Morgan fingerprint density at radius 1 is 0.897 bits per heavy atom. The van der Waals surface area contributed by atoms with Gasteiger partial charge in [0, 0.05) is 35.5 Å². The van der Waals surface area contributed by atoms with E-state index in [-0.39, 0.29) is 27.4 Å². The van der Waals surface area contributed by atoms with Crippen LogP contribution in [0.1, 0.15) is 23.7 Å². The SMILES string of the molecule is CCC(=O)NC(=S)Nc1ccc(NC(=S)NC(=O)c2ccc([N+](=O)[O-])cc2)cc1. The van der Waals surface area contributed by atoms with E-state index in [9.17, 15) is 19.7 Å². The van der Waals surface area contributed by atoms with Crippen LogP contribution in [0.2, 0.25) is 0 Å². The largest absolute Gasteiger partial charge is 0.332 e. The standard InChI is InChI=1S/C18H17N5O4S2/c1-2-15(24)21-17(28)19-12-5-7-13(8-6-12)20-18(29)22-16(25)11-3-9-14(10-4-11)23(26)27/h3-10H,2H2,1H3,(H2,19,21,24,28)(H2,20,22,25,29). The Labute approximate surface area is 177 Å². The lowest BCUT2D eigenvalue weighted by atomic mass is 10.2. The third-order valence-corrected chi connectivity index (χ3v) is 3.95. The van der Waals surface area contributed by atoms with E-state index in [1.54, 1.807) is 31.2 Å². The maximum Gasteiger partial charge on any atom is 0.269 e. The van der Waals surface area contributed by atoms with Gasteiger partial charge in [-0.2, -0.15) is 0 Å². The number of benzene rings is 2. The van der Waals surface area contributed by atoms with Gasteiger partial charge in [-0.1, -0.05) is 6.92 Å². The zero-order chi connectivity index (χ0) is 21.4. The van der Waals surface area contributed by atoms with Gasteiger partial charge in [0.05, 0.1) is 4.92 Å². The Morgan fingerprint density at radius 2 is 1.38 bits per heavy atom. The highest BCUT2D eigenvalue weighted by atomic mass is 32.1. The fraction of sp³-hybridized carbons (Fsp3) is 0.111. The number of amides is 2. The monoisotopic (exact) mass is 431 g/mol. The topological polar surface area (TPSA) is 125 Å². The highest BCUT2D eigenvalue weighted by molar-refractivity contribution is 7.80. The second kappa shape index (κ2) is 10.2. The molecule has 2 amide bonds. The normalized spacial score (nSPS) is 9.83. The van der Waals surface area contributed by atoms with Crippen molar-refractivity contribution in [2.45, 2.75) is 13.3 Å². The first kappa shape index (κ1) is 21.9. The number of nitrogens with zero attached hydrogens (tertiary/aromatic N) is 1. The van der Waals surface area contributed by atoms with Crippen LogP contribution in [0.25, 0.3) is 0 Å². The van der Waals surface area contributed by atoms with Crippen LogP contribution in [0.3, 0.4) is 0 Å². The maximum absolute atomic E-state index is 12.1.